The summed E-state index contributed by atoms with van der Waals surface area (Å²) >= 11 is 0. The molecule has 1 aromatic heterocycles. The summed E-state index contributed by atoms with van der Waals surface area (Å²) in [6, 6.07) is 4.76. The molecule has 1 fully saturated rings. The summed E-state index contributed by atoms with van der Waals surface area (Å²) in [6.45, 7) is 10.6. The van der Waals surface area contributed by atoms with Crippen LogP contribution in [0.15, 0.2) is 18.3 Å². The number of methoxy groups -OCH3 is 1. The van der Waals surface area contributed by atoms with Crippen molar-refractivity contribution in [3.63, 3.8) is 0 Å². The van der Waals surface area contributed by atoms with Crippen molar-refractivity contribution in [1.29, 1.82) is 0 Å². The number of benzene rings is 1. The Morgan fingerprint density at radius 3 is 2.88 bits per heavy atom. The van der Waals surface area contributed by atoms with E-state index in [-0.39, 0.29) is 0 Å². The molecule has 136 valence electrons. The molecule has 0 spiro atoms. The van der Waals surface area contributed by atoms with Crippen LogP contribution in [0.3, 0.4) is 0 Å². The van der Waals surface area contributed by atoms with Crippen molar-refractivity contribution >= 4 is 17.1 Å². The molecule has 4 heteroatoms. The van der Waals surface area contributed by atoms with Gasteiger partial charge in [0.25, 0.3) is 0 Å². The van der Waals surface area contributed by atoms with Crippen LogP contribution in [0.2, 0.25) is 0 Å². The quantitative estimate of drug-likeness (QED) is 0.829. The van der Waals surface area contributed by atoms with Gasteiger partial charge in [0.2, 0.25) is 0 Å². The summed E-state index contributed by atoms with van der Waals surface area (Å²) in [5.41, 5.74) is 3.58. The van der Waals surface area contributed by atoms with Crippen molar-refractivity contribution in [2.45, 2.75) is 52.7 Å². The van der Waals surface area contributed by atoms with Crippen LogP contribution in [-0.2, 0) is 4.74 Å². The van der Waals surface area contributed by atoms with Crippen LogP contribution >= 0.6 is 0 Å². The van der Waals surface area contributed by atoms with E-state index in [0.717, 1.165) is 31.7 Å². The van der Waals surface area contributed by atoms with Crippen molar-refractivity contribution in [2.75, 3.05) is 20.3 Å². The fourth-order valence-corrected chi connectivity index (χ4v) is 4.05. The number of aromatic nitrogens is 1. The third kappa shape index (κ3) is 3.59. The minimum absolute atomic E-state index is 0.384. The van der Waals surface area contributed by atoms with Crippen molar-refractivity contribution < 1.29 is 14.0 Å². The first-order chi connectivity index (χ1) is 12.0. The summed E-state index contributed by atoms with van der Waals surface area (Å²) in [5, 5.41) is 1.23. The summed E-state index contributed by atoms with van der Waals surface area (Å²) in [7, 11) is 1.76. The minimum Gasteiger partial charge on any atom is -0.496 e. The predicted octanol–water partition coefficient (Wildman–Crippen LogP) is 4.14. The van der Waals surface area contributed by atoms with E-state index in [0.29, 0.717) is 18.1 Å². The first kappa shape index (κ1) is 18.0. The molecule has 1 unspecified atom stereocenters. The van der Waals surface area contributed by atoms with Gasteiger partial charge in [0.15, 0.2) is 12.3 Å². The second kappa shape index (κ2) is 7.61. The van der Waals surface area contributed by atoms with Crippen molar-refractivity contribution in [1.82, 2.24) is 4.98 Å². The average Bonchev–Trinajstić information content (AvgIpc) is 3.08. The standard InChI is InChI=1S/C21H30N2O2/c1-6-25-16-8-10-23(19(12-16)14(2)3)13-18-17-7-9-22-21(17)15(4)11-20(18)24-5/h7,9,11,13-14,16,19H,6,8,10,12H2,1-5H3/p+1/t16-,19?/m1/s1. The van der Waals surface area contributed by atoms with Crippen LogP contribution in [0.1, 0.15) is 44.7 Å². The molecule has 0 amide bonds. The molecular weight excluding hydrogens is 312 g/mol. The van der Waals surface area contributed by atoms with Crippen molar-refractivity contribution in [3.8, 4) is 5.75 Å². The highest BCUT2D eigenvalue weighted by Gasteiger charge is 2.34. The smallest absolute Gasteiger partial charge is 0.175 e. The van der Waals surface area contributed by atoms with Gasteiger partial charge in [0.05, 0.1) is 18.8 Å². The number of fused-ring (bicyclic) bond motifs is 1. The zero-order valence-corrected chi connectivity index (χ0v) is 16.1. The number of piperidine rings is 1. The molecule has 2 aromatic rings. The van der Waals surface area contributed by atoms with Gasteiger partial charge in [-0.1, -0.05) is 13.8 Å². The number of H-pyrrole nitrogens is 1. The Balaban J connectivity index is 2.03. The van der Waals surface area contributed by atoms with E-state index in [1.54, 1.807) is 7.11 Å². The Hall–Kier alpha value is -1.81. The van der Waals surface area contributed by atoms with Gasteiger partial charge in [-0.2, -0.15) is 0 Å². The molecule has 0 saturated carbocycles. The molecule has 1 aliphatic heterocycles. The lowest BCUT2D eigenvalue weighted by molar-refractivity contribution is -0.583. The molecule has 0 bridgehead atoms. The fourth-order valence-electron chi connectivity index (χ4n) is 4.05. The molecule has 1 N–H and O–H groups in total. The second-order valence-corrected chi connectivity index (χ2v) is 7.36. The van der Waals surface area contributed by atoms with Gasteiger partial charge in [0.1, 0.15) is 12.3 Å². The first-order valence-corrected chi connectivity index (χ1v) is 9.42. The Bertz CT molecular complexity index is 761. The molecular formula is C21H31N2O2+. The van der Waals surface area contributed by atoms with Crippen LogP contribution in [0.4, 0.5) is 0 Å². The third-order valence-corrected chi connectivity index (χ3v) is 5.37. The van der Waals surface area contributed by atoms with E-state index < -0.39 is 0 Å². The molecule has 1 aromatic carbocycles. The number of aryl methyl sites for hydroxylation is 1. The number of ether oxygens (including phenoxy) is 2. The van der Waals surface area contributed by atoms with E-state index in [1.165, 1.54) is 22.0 Å². The van der Waals surface area contributed by atoms with Crippen LogP contribution in [0.25, 0.3) is 10.9 Å². The topological polar surface area (TPSA) is 37.3 Å². The largest absolute Gasteiger partial charge is 0.496 e. The normalized spacial score (nSPS) is 22.9. The molecule has 1 saturated heterocycles. The van der Waals surface area contributed by atoms with Gasteiger partial charge < -0.3 is 14.5 Å². The molecule has 4 nitrogen and oxygen atoms in total. The zero-order chi connectivity index (χ0) is 18.0. The first-order valence-electron chi connectivity index (χ1n) is 9.42. The third-order valence-electron chi connectivity index (χ3n) is 5.37. The summed E-state index contributed by atoms with van der Waals surface area (Å²) in [6.07, 6.45) is 6.87. The average molecular weight is 343 g/mol. The lowest BCUT2D eigenvalue weighted by Gasteiger charge is -2.29. The Labute approximate surface area is 150 Å². The Kier molecular flexibility index (Phi) is 5.48. The van der Waals surface area contributed by atoms with E-state index >= 15 is 0 Å². The lowest BCUT2D eigenvalue weighted by atomic mass is 9.92. The van der Waals surface area contributed by atoms with E-state index in [2.05, 4.69) is 55.6 Å². The molecule has 1 aliphatic rings. The van der Waals surface area contributed by atoms with Gasteiger partial charge in [-0.3, -0.25) is 0 Å². The number of rotatable bonds is 5. The van der Waals surface area contributed by atoms with Crippen molar-refractivity contribution in [3.05, 3.63) is 29.5 Å². The minimum atomic E-state index is 0.384. The number of hydrogen-bond acceptors (Lipinski definition) is 2. The predicted molar refractivity (Wildman–Crippen MR) is 103 cm³/mol. The van der Waals surface area contributed by atoms with Gasteiger partial charge in [-0.05, 0) is 31.5 Å². The lowest BCUT2D eigenvalue weighted by Crippen LogP contribution is -2.42. The van der Waals surface area contributed by atoms with Crippen LogP contribution in [-0.4, -0.2) is 48.2 Å². The maximum Gasteiger partial charge on any atom is 0.175 e. The fraction of sp³-hybridized carbons (Fsp3) is 0.571. The SMILES string of the molecule is CCO[C@@H]1CC[N+](=Cc2c(OC)cc(C)c3[nH]ccc23)C(C(C)C)C1. The highest BCUT2D eigenvalue weighted by Crippen LogP contribution is 2.30. The van der Waals surface area contributed by atoms with E-state index in [9.17, 15) is 0 Å². The van der Waals surface area contributed by atoms with Crippen LogP contribution in [0, 0.1) is 12.8 Å². The number of nitrogens with one attached hydrogen (secondary N) is 1. The van der Waals surface area contributed by atoms with Gasteiger partial charge in [-0.15, -0.1) is 0 Å². The van der Waals surface area contributed by atoms with E-state index in [1.807, 2.05) is 6.20 Å². The molecule has 0 radical (unpaired) electrons. The highest BCUT2D eigenvalue weighted by molar-refractivity contribution is 6.01. The van der Waals surface area contributed by atoms with Gasteiger partial charge in [-0.25, -0.2) is 4.58 Å². The molecule has 2 heterocycles. The Morgan fingerprint density at radius 1 is 1.40 bits per heavy atom. The van der Waals surface area contributed by atoms with E-state index in [4.69, 9.17) is 9.47 Å². The summed E-state index contributed by atoms with van der Waals surface area (Å²) in [5.74, 6) is 1.52. The van der Waals surface area contributed by atoms with Gasteiger partial charge in [0, 0.05) is 42.5 Å². The monoisotopic (exact) mass is 343 g/mol. The number of hydrogen-bond donors (Lipinski definition) is 1. The maximum absolute atomic E-state index is 5.91. The molecule has 0 aliphatic carbocycles. The maximum atomic E-state index is 5.91. The van der Waals surface area contributed by atoms with Crippen LogP contribution < -0.4 is 4.74 Å². The number of nitrogens with zero attached hydrogens (tertiary/aromatic N) is 1. The molecule has 25 heavy (non-hydrogen) atoms. The molecule has 3 rings (SSSR count). The summed E-state index contributed by atoms with van der Waals surface area (Å²) < 4.78 is 14.1. The second-order valence-electron chi connectivity index (χ2n) is 7.36. The van der Waals surface area contributed by atoms with Crippen molar-refractivity contribution in [2.24, 2.45) is 5.92 Å². The summed E-state index contributed by atoms with van der Waals surface area (Å²) in [4.78, 5) is 3.36. The van der Waals surface area contributed by atoms with Crippen LogP contribution in [0.5, 0.6) is 5.75 Å². The molecule has 2 atom stereocenters. The Morgan fingerprint density at radius 2 is 2.20 bits per heavy atom. The zero-order valence-electron chi connectivity index (χ0n) is 16.1. The van der Waals surface area contributed by atoms with Gasteiger partial charge >= 0.3 is 0 Å². The highest BCUT2D eigenvalue weighted by atomic mass is 16.5. The number of aromatic amines is 1.